The predicted octanol–water partition coefficient (Wildman–Crippen LogP) is 11.7. The molecule has 0 saturated heterocycles. The summed E-state index contributed by atoms with van der Waals surface area (Å²) in [6, 6.07) is 37.1. The minimum atomic E-state index is 1.14. The number of aromatic amines is 1. The molecule has 0 amide bonds. The van der Waals surface area contributed by atoms with Gasteiger partial charge in [-0.25, -0.2) is 0 Å². The van der Waals surface area contributed by atoms with Crippen LogP contribution in [0.5, 0.6) is 0 Å². The second-order valence-electron chi connectivity index (χ2n) is 9.54. The highest BCUT2D eigenvalue weighted by molar-refractivity contribution is 7.79. The third-order valence-corrected chi connectivity index (χ3v) is 7.39. The highest BCUT2D eigenvalue weighted by atomic mass is 32.1. The molecule has 2 heterocycles. The predicted molar refractivity (Wildman–Crippen MR) is 201 cm³/mol. The number of thiol groups is 2. The van der Waals surface area contributed by atoms with Crippen LogP contribution in [0.3, 0.4) is 0 Å². The number of hydrogen-bond acceptors (Lipinski definition) is 2. The van der Waals surface area contributed by atoms with Gasteiger partial charge in [0.05, 0.1) is 11.2 Å². The molecule has 7 aromatic rings. The fourth-order valence-corrected chi connectivity index (χ4v) is 5.67. The van der Waals surface area contributed by atoms with Crippen LogP contribution in [-0.4, -0.2) is 22.1 Å². The van der Waals surface area contributed by atoms with Gasteiger partial charge in [-0.15, -0.1) is 13.2 Å². The monoisotopic (exact) mass is 598 g/mol. The van der Waals surface area contributed by atoms with Crippen molar-refractivity contribution in [2.75, 3.05) is 12.5 Å². The maximum absolute atomic E-state index is 4.19. The molecule has 43 heavy (non-hydrogen) atoms. The first-order chi connectivity index (χ1) is 21.2. The minimum absolute atomic E-state index is 1.14. The molecule has 0 bridgehead atoms. The maximum atomic E-state index is 4.19. The van der Waals surface area contributed by atoms with E-state index in [0.717, 1.165) is 22.5 Å². The Labute approximate surface area is 265 Å². The average molecular weight is 599 g/mol. The Kier molecular flexibility index (Phi) is 10.8. The van der Waals surface area contributed by atoms with Crippen LogP contribution < -0.4 is 0 Å². The van der Waals surface area contributed by atoms with Crippen LogP contribution in [-0.2, 0) is 0 Å². The molecule has 0 aliphatic carbocycles. The van der Waals surface area contributed by atoms with E-state index in [-0.39, 0.29) is 0 Å². The Morgan fingerprint density at radius 1 is 0.651 bits per heavy atom. The number of hydrogen-bond donors (Lipinski definition) is 3. The number of para-hydroxylation sites is 1. The van der Waals surface area contributed by atoms with Crippen LogP contribution in [0.4, 0.5) is 0 Å². The Morgan fingerprint density at radius 2 is 1.26 bits per heavy atom. The number of aromatic nitrogens is 2. The van der Waals surface area contributed by atoms with E-state index in [1.807, 2.05) is 6.08 Å². The second-order valence-corrected chi connectivity index (χ2v) is 9.54. The van der Waals surface area contributed by atoms with Gasteiger partial charge in [0.1, 0.15) is 0 Å². The number of fused-ring (bicyclic) bond motifs is 5. The van der Waals surface area contributed by atoms with Crippen molar-refractivity contribution in [1.82, 2.24) is 9.55 Å². The first-order valence-electron chi connectivity index (χ1n) is 14.1. The lowest BCUT2D eigenvalue weighted by Crippen LogP contribution is -1.97. The Balaban J connectivity index is 0.000000666. The van der Waals surface area contributed by atoms with E-state index in [1.54, 1.807) is 12.5 Å². The number of rotatable bonds is 4. The van der Waals surface area contributed by atoms with Crippen molar-refractivity contribution in [3.05, 3.63) is 140 Å². The van der Waals surface area contributed by atoms with Crippen molar-refractivity contribution in [1.29, 1.82) is 0 Å². The molecule has 0 radical (unpaired) electrons. The summed E-state index contributed by atoms with van der Waals surface area (Å²) in [6.45, 7) is 12.3. The standard InChI is InChI=1S/C35H26N2.C2H4.2CH4S/c1-3-10-34-28(4-2)31-20-25-21-33-30(29-13-8-9-14-32(29)36-33)19-26(25)22-35(31)37(34)27-17-15-24(16-18-27)23-11-6-5-7-12-23;3*1-2/h3-22,36H,2H2,1H3;1-2H2;2*2H,1H3/b10-3-;;;. The minimum Gasteiger partial charge on any atom is -0.354 e. The van der Waals surface area contributed by atoms with E-state index >= 15 is 0 Å². The molecule has 0 fully saturated rings. The Morgan fingerprint density at radius 3 is 1.93 bits per heavy atom. The summed E-state index contributed by atoms with van der Waals surface area (Å²) in [6.07, 6.45) is 9.66. The van der Waals surface area contributed by atoms with E-state index in [0.29, 0.717) is 0 Å². The van der Waals surface area contributed by atoms with E-state index < -0.39 is 0 Å². The van der Waals surface area contributed by atoms with Crippen molar-refractivity contribution in [2.24, 2.45) is 0 Å². The van der Waals surface area contributed by atoms with Crippen molar-refractivity contribution < 1.29 is 0 Å². The highest BCUT2D eigenvalue weighted by Crippen LogP contribution is 2.37. The average Bonchev–Trinajstić information content (AvgIpc) is 3.59. The first-order valence-corrected chi connectivity index (χ1v) is 15.9. The van der Waals surface area contributed by atoms with Crippen LogP contribution in [0.15, 0.2) is 129 Å². The molecule has 1 N–H and O–H groups in total. The van der Waals surface area contributed by atoms with Gasteiger partial charge in [-0.2, -0.15) is 25.3 Å². The van der Waals surface area contributed by atoms with Crippen molar-refractivity contribution in [3.63, 3.8) is 0 Å². The summed E-state index contributed by atoms with van der Waals surface area (Å²) in [7, 11) is 0. The fraction of sp³-hybridized carbons (Fsp3) is 0.0769. The molecule has 0 atom stereocenters. The molecule has 7 rings (SSSR count). The lowest BCUT2D eigenvalue weighted by atomic mass is 10.0. The van der Waals surface area contributed by atoms with Crippen LogP contribution >= 0.6 is 25.3 Å². The summed E-state index contributed by atoms with van der Waals surface area (Å²) in [5.74, 6) is 0. The third kappa shape index (κ3) is 5.94. The van der Waals surface area contributed by atoms with Gasteiger partial charge in [0, 0.05) is 38.4 Å². The summed E-state index contributed by atoms with van der Waals surface area (Å²) < 4.78 is 2.36. The zero-order valence-electron chi connectivity index (χ0n) is 25.0. The molecule has 2 aromatic heterocycles. The number of H-pyrrole nitrogens is 1. The van der Waals surface area contributed by atoms with Gasteiger partial charge in [-0.3, -0.25) is 0 Å². The van der Waals surface area contributed by atoms with Crippen LogP contribution in [0.25, 0.3) is 72.4 Å². The zero-order chi connectivity index (χ0) is 30.9. The number of benzene rings is 5. The topological polar surface area (TPSA) is 20.7 Å². The molecule has 2 nitrogen and oxygen atoms in total. The molecular formula is C39H38N2S2. The lowest BCUT2D eigenvalue weighted by Gasteiger charge is -2.11. The van der Waals surface area contributed by atoms with Gasteiger partial charge in [0.2, 0.25) is 0 Å². The summed E-state index contributed by atoms with van der Waals surface area (Å²) in [5, 5.41) is 6.17. The summed E-state index contributed by atoms with van der Waals surface area (Å²) >= 11 is 7.06. The van der Waals surface area contributed by atoms with E-state index in [2.05, 4.69) is 177 Å². The first kappa shape index (κ1) is 31.6. The normalized spacial score (nSPS) is 10.6. The Hall–Kier alpha value is -4.38. The van der Waals surface area contributed by atoms with E-state index in [1.165, 1.54) is 49.1 Å². The molecule has 5 aromatic carbocycles. The number of nitrogens with zero attached hydrogens (tertiary/aromatic N) is 1. The van der Waals surface area contributed by atoms with Gasteiger partial charge in [0.15, 0.2) is 0 Å². The van der Waals surface area contributed by atoms with E-state index in [9.17, 15) is 0 Å². The second kappa shape index (κ2) is 14.7. The van der Waals surface area contributed by atoms with Gasteiger partial charge in [-0.05, 0) is 89.9 Å². The van der Waals surface area contributed by atoms with Crippen molar-refractivity contribution in [3.8, 4) is 16.8 Å². The quantitative estimate of drug-likeness (QED) is 0.132. The molecule has 216 valence electrons. The zero-order valence-corrected chi connectivity index (χ0v) is 26.8. The molecule has 4 heteroatoms. The molecule has 0 aliphatic rings. The number of nitrogens with one attached hydrogen (secondary N) is 1. The molecular weight excluding hydrogens is 561 g/mol. The lowest BCUT2D eigenvalue weighted by molar-refractivity contribution is 1.11. The van der Waals surface area contributed by atoms with Gasteiger partial charge < -0.3 is 9.55 Å². The molecule has 0 saturated carbocycles. The highest BCUT2D eigenvalue weighted by Gasteiger charge is 2.17. The number of allylic oxidation sites excluding steroid dienone is 1. The summed E-state index contributed by atoms with van der Waals surface area (Å²) in [4.78, 5) is 3.59. The van der Waals surface area contributed by atoms with Crippen LogP contribution in [0, 0.1) is 0 Å². The largest absolute Gasteiger partial charge is 0.354 e. The Bertz CT molecular complexity index is 2010. The molecule has 0 aliphatic heterocycles. The third-order valence-electron chi connectivity index (χ3n) is 7.39. The smallest absolute Gasteiger partial charge is 0.0547 e. The molecule has 0 unspecified atom stereocenters. The van der Waals surface area contributed by atoms with Crippen molar-refractivity contribution in [2.45, 2.75) is 6.92 Å². The fourth-order valence-electron chi connectivity index (χ4n) is 5.67. The van der Waals surface area contributed by atoms with Crippen LogP contribution in [0.1, 0.15) is 18.2 Å². The van der Waals surface area contributed by atoms with Crippen LogP contribution in [0.2, 0.25) is 0 Å². The van der Waals surface area contributed by atoms with Gasteiger partial charge in [0.25, 0.3) is 0 Å². The van der Waals surface area contributed by atoms with Gasteiger partial charge >= 0.3 is 0 Å². The van der Waals surface area contributed by atoms with Gasteiger partial charge in [-0.1, -0.05) is 79.4 Å². The molecule has 0 spiro atoms. The van der Waals surface area contributed by atoms with E-state index in [4.69, 9.17) is 0 Å². The van der Waals surface area contributed by atoms with Crippen molar-refractivity contribution >= 4 is 80.9 Å². The SMILES string of the molecule is C=C.C=Cc1c(/C=C\C)n(-c2ccc(-c3ccccc3)cc2)c2cc3cc4c(cc3cc12)[nH]c1ccccc14.CS.CS. The summed E-state index contributed by atoms with van der Waals surface area (Å²) in [5.41, 5.74) is 9.39. The maximum Gasteiger partial charge on any atom is 0.0547 e.